The molecule has 2 unspecified atom stereocenters. The zero-order valence-corrected chi connectivity index (χ0v) is 14.3. The van der Waals surface area contributed by atoms with Crippen molar-refractivity contribution in [2.75, 3.05) is 18.0 Å². The maximum absolute atomic E-state index is 13.4. The molecule has 0 amide bonds. The van der Waals surface area contributed by atoms with Crippen molar-refractivity contribution in [1.29, 1.82) is 0 Å². The van der Waals surface area contributed by atoms with Gasteiger partial charge < -0.3 is 10.2 Å². The van der Waals surface area contributed by atoms with Gasteiger partial charge in [0.05, 0.1) is 4.47 Å². The second-order valence-electron chi connectivity index (χ2n) is 6.64. The number of halogens is 2. The molecule has 2 nitrogen and oxygen atoms in total. The molecule has 112 valence electrons. The minimum absolute atomic E-state index is 0.204. The molecule has 0 aliphatic carbocycles. The molecule has 1 saturated heterocycles. The van der Waals surface area contributed by atoms with Crippen molar-refractivity contribution in [3.63, 3.8) is 0 Å². The molecular formula is C16H24BrFN2. The van der Waals surface area contributed by atoms with E-state index in [1.54, 1.807) is 6.07 Å². The van der Waals surface area contributed by atoms with Gasteiger partial charge >= 0.3 is 0 Å². The lowest BCUT2D eigenvalue weighted by Gasteiger charge is -2.46. The Kier molecular flexibility index (Phi) is 4.75. The smallest absolute Gasteiger partial charge is 0.137 e. The van der Waals surface area contributed by atoms with Crippen LogP contribution in [0, 0.1) is 11.2 Å². The Morgan fingerprint density at radius 3 is 2.65 bits per heavy atom. The van der Waals surface area contributed by atoms with E-state index in [1.165, 1.54) is 0 Å². The first-order chi connectivity index (χ1) is 9.32. The predicted molar refractivity (Wildman–Crippen MR) is 86.8 cm³/mol. The Balaban J connectivity index is 2.27. The zero-order valence-electron chi connectivity index (χ0n) is 12.7. The van der Waals surface area contributed by atoms with Gasteiger partial charge in [0.25, 0.3) is 0 Å². The largest absolute Gasteiger partial charge is 0.366 e. The van der Waals surface area contributed by atoms with Crippen molar-refractivity contribution in [1.82, 2.24) is 5.32 Å². The Hall–Kier alpha value is -0.610. The standard InChI is InChI=1S/C16H24BrFN2/c1-5-11-9-19-15(16(2,3)4)10-20(11)12-6-7-14(18)13(17)8-12/h6-8,11,15,19H,5,9-10H2,1-4H3. The summed E-state index contributed by atoms with van der Waals surface area (Å²) in [6.45, 7) is 10.9. The van der Waals surface area contributed by atoms with Gasteiger partial charge in [-0.05, 0) is 46.0 Å². The van der Waals surface area contributed by atoms with Crippen LogP contribution in [0.2, 0.25) is 0 Å². The summed E-state index contributed by atoms with van der Waals surface area (Å²) in [6, 6.07) is 6.22. The quantitative estimate of drug-likeness (QED) is 0.866. The summed E-state index contributed by atoms with van der Waals surface area (Å²) in [5.74, 6) is -0.204. The molecule has 0 aromatic heterocycles. The lowest BCUT2D eigenvalue weighted by atomic mass is 9.84. The minimum Gasteiger partial charge on any atom is -0.366 e. The van der Waals surface area contributed by atoms with Crippen molar-refractivity contribution >= 4 is 21.6 Å². The van der Waals surface area contributed by atoms with Crippen molar-refractivity contribution in [3.05, 3.63) is 28.5 Å². The van der Waals surface area contributed by atoms with Gasteiger partial charge in [0, 0.05) is 30.9 Å². The van der Waals surface area contributed by atoms with E-state index < -0.39 is 0 Å². The van der Waals surface area contributed by atoms with Crippen LogP contribution < -0.4 is 10.2 Å². The molecular weight excluding hydrogens is 319 g/mol. The van der Waals surface area contributed by atoms with Gasteiger partial charge in [-0.15, -0.1) is 0 Å². The fourth-order valence-corrected chi connectivity index (χ4v) is 3.09. The molecule has 4 heteroatoms. The van der Waals surface area contributed by atoms with Crippen molar-refractivity contribution in [2.45, 2.75) is 46.2 Å². The lowest BCUT2D eigenvalue weighted by Crippen LogP contribution is -2.60. The highest BCUT2D eigenvalue weighted by molar-refractivity contribution is 9.10. The molecule has 1 aliphatic heterocycles. The van der Waals surface area contributed by atoms with Crippen LogP contribution in [0.5, 0.6) is 0 Å². The Labute approximate surface area is 129 Å². The van der Waals surface area contributed by atoms with Crippen LogP contribution in [0.4, 0.5) is 10.1 Å². The lowest BCUT2D eigenvalue weighted by molar-refractivity contribution is 0.233. The first-order valence-electron chi connectivity index (χ1n) is 7.28. The summed E-state index contributed by atoms with van der Waals surface area (Å²) in [5.41, 5.74) is 1.31. The third-order valence-electron chi connectivity index (χ3n) is 4.17. The van der Waals surface area contributed by atoms with E-state index in [9.17, 15) is 4.39 Å². The SMILES string of the molecule is CCC1CNC(C(C)(C)C)CN1c1ccc(F)c(Br)c1. The molecule has 20 heavy (non-hydrogen) atoms. The first kappa shape index (κ1) is 15.8. The minimum atomic E-state index is -0.204. The fourth-order valence-electron chi connectivity index (χ4n) is 2.72. The Morgan fingerprint density at radius 1 is 1.40 bits per heavy atom. The molecule has 1 aromatic carbocycles. The van der Waals surface area contributed by atoms with Crippen LogP contribution in [-0.2, 0) is 0 Å². The molecule has 0 saturated carbocycles. The van der Waals surface area contributed by atoms with Gasteiger partial charge in [0.1, 0.15) is 5.82 Å². The highest BCUT2D eigenvalue weighted by Gasteiger charge is 2.33. The maximum Gasteiger partial charge on any atom is 0.137 e. The molecule has 1 aromatic rings. The average molecular weight is 343 g/mol. The Bertz CT molecular complexity index is 470. The van der Waals surface area contributed by atoms with Crippen LogP contribution >= 0.6 is 15.9 Å². The molecule has 1 aliphatic rings. The van der Waals surface area contributed by atoms with Crippen LogP contribution in [0.1, 0.15) is 34.1 Å². The van der Waals surface area contributed by atoms with E-state index in [1.807, 2.05) is 12.1 Å². The average Bonchev–Trinajstić information content (AvgIpc) is 2.40. The summed E-state index contributed by atoms with van der Waals surface area (Å²) in [4.78, 5) is 2.41. The predicted octanol–water partition coefficient (Wildman–Crippen LogP) is 4.19. The normalized spacial score (nSPS) is 24.0. The number of anilines is 1. The van der Waals surface area contributed by atoms with Crippen LogP contribution in [0.3, 0.4) is 0 Å². The molecule has 1 N–H and O–H groups in total. The molecule has 2 atom stereocenters. The van der Waals surface area contributed by atoms with E-state index >= 15 is 0 Å². The zero-order chi connectivity index (χ0) is 14.9. The van der Waals surface area contributed by atoms with Crippen molar-refractivity contribution in [2.24, 2.45) is 5.41 Å². The Morgan fingerprint density at radius 2 is 2.10 bits per heavy atom. The van der Waals surface area contributed by atoms with Gasteiger partial charge in [0.2, 0.25) is 0 Å². The number of nitrogens with zero attached hydrogens (tertiary/aromatic N) is 1. The van der Waals surface area contributed by atoms with Gasteiger partial charge in [0.15, 0.2) is 0 Å². The number of rotatable bonds is 2. The number of hydrogen-bond acceptors (Lipinski definition) is 2. The first-order valence-corrected chi connectivity index (χ1v) is 8.07. The van der Waals surface area contributed by atoms with Gasteiger partial charge in [-0.25, -0.2) is 4.39 Å². The van der Waals surface area contributed by atoms with Crippen LogP contribution in [0.15, 0.2) is 22.7 Å². The number of piperazine rings is 1. The molecule has 1 heterocycles. The summed E-state index contributed by atoms with van der Waals surface area (Å²) < 4.78 is 14.0. The summed E-state index contributed by atoms with van der Waals surface area (Å²) in [7, 11) is 0. The summed E-state index contributed by atoms with van der Waals surface area (Å²) in [5, 5.41) is 3.66. The summed E-state index contributed by atoms with van der Waals surface area (Å²) >= 11 is 3.29. The van der Waals surface area contributed by atoms with E-state index in [4.69, 9.17) is 0 Å². The molecule has 0 bridgehead atoms. The van der Waals surface area contributed by atoms with Crippen LogP contribution in [-0.4, -0.2) is 25.2 Å². The number of hydrogen-bond donors (Lipinski definition) is 1. The maximum atomic E-state index is 13.4. The van der Waals surface area contributed by atoms with E-state index in [2.05, 4.69) is 53.8 Å². The van der Waals surface area contributed by atoms with Gasteiger partial charge in [-0.1, -0.05) is 27.7 Å². The molecule has 1 fully saturated rings. The van der Waals surface area contributed by atoms with Gasteiger partial charge in [-0.2, -0.15) is 0 Å². The molecule has 2 rings (SSSR count). The monoisotopic (exact) mass is 342 g/mol. The van der Waals surface area contributed by atoms with E-state index in [0.29, 0.717) is 16.6 Å². The highest BCUT2D eigenvalue weighted by atomic mass is 79.9. The second-order valence-corrected chi connectivity index (χ2v) is 7.49. The number of nitrogens with one attached hydrogen (secondary N) is 1. The second kappa shape index (κ2) is 6.02. The molecule has 0 spiro atoms. The number of benzene rings is 1. The third-order valence-corrected chi connectivity index (χ3v) is 4.78. The van der Waals surface area contributed by atoms with Gasteiger partial charge in [-0.3, -0.25) is 0 Å². The summed E-state index contributed by atoms with van der Waals surface area (Å²) in [6.07, 6.45) is 1.08. The third kappa shape index (κ3) is 3.34. The van der Waals surface area contributed by atoms with E-state index in [-0.39, 0.29) is 11.2 Å². The van der Waals surface area contributed by atoms with Crippen LogP contribution in [0.25, 0.3) is 0 Å². The molecule has 0 radical (unpaired) electrons. The van der Waals surface area contributed by atoms with E-state index in [0.717, 1.165) is 25.2 Å². The van der Waals surface area contributed by atoms with Crippen molar-refractivity contribution < 1.29 is 4.39 Å². The topological polar surface area (TPSA) is 15.3 Å². The highest BCUT2D eigenvalue weighted by Crippen LogP contribution is 2.30. The fraction of sp³-hybridized carbons (Fsp3) is 0.625. The van der Waals surface area contributed by atoms with Crippen molar-refractivity contribution in [3.8, 4) is 0 Å².